The zero-order valence-electron chi connectivity index (χ0n) is 10.8. The van der Waals surface area contributed by atoms with Crippen molar-refractivity contribution < 1.29 is 8.42 Å². The van der Waals surface area contributed by atoms with Crippen molar-refractivity contribution in [2.45, 2.75) is 30.7 Å². The average Bonchev–Trinajstić information content (AvgIpc) is 2.89. The standard InChI is InChI=1S/C13H17N3O2S/c1-10-7-13(5-4-11(10)8-14)19(17,18)16-9-12-3-2-6-15-12/h4-5,7,12,15-16H,2-3,6,9H2,1H3. The van der Waals surface area contributed by atoms with Gasteiger partial charge in [-0.15, -0.1) is 0 Å². The summed E-state index contributed by atoms with van der Waals surface area (Å²) in [7, 11) is -3.49. The molecule has 0 spiro atoms. The molecule has 2 rings (SSSR count). The highest BCUT2D eigenvalue weighted by atomic mass is 32.2. The number of rotatable bonds is 4. The lowest BCUT2D eigenvalue weighted by Crippen LogP contribution is -2.37. The molecule has 0 bridgehead atoms. The number of nitriles is 1. The second-order valence-corrected chi connectivity index (χ2v) is 6.50. The zero-order chi connectivity index (χ0) is 13.9. The predicted molar refractivity (Wildman–Crippen MR) is 72.1 cm³/mol. The van der Waals surface area contributed by atoms with Crippen LogP contribution in [0, 0.1) is 18.3 Å². The van der Waals surface area contributed by atoms with Gasteiger partial charge in [0.2, 0.25) is 10.0 Å². The Morgan fingerprint density at radius 1 is 1.53 bits per heavy atom. The van der Waals surface area contributed by atoms with E-state index in [9.17, 15) is 8.42 Å². The molecule has 19 heavy (non-hydrogen) atoms. The van der Waals surface area contributed by atoms with E-state index in [1.807, 2.05) is 6.07 Å². The van der Waals surface area contributed by atoms with Gasteiger partial charge in [0.25, 0.3) is 0 Å². The predicted octanol–water partition coefficient (Wildman–Crippen LogP) is 0.897. The van der Waals surface area contributed by atoms with Crippen LogP contribution in [0.1, 0.15) is 24.0 Å². The van der Waals surface area contributed by atoms with Crippen LogP contribution in [-0.4, -0.2) is 27.5 Å². The summed E-state index contributed by atoms with van der Waals surface area (Å²) in [6.45, 7) is 3.08. The Kier molecular flexibility index (Phi) is 4.20. The van der Waals surface area contributed by atoms with Gasteiger partial charge in [-0.3, -0.25) is 0 Å². The molecule has 0 aromatic heterocycles. The van der Waals surface area contributed by atoms with E-state index in [2.05, 4.69) is 10.0 Å². The van der Waals surface area contributed by atoms with E-state index in [-0.39, 0.29) is 10.9 Å². The van der Waals surface area contributed by atoms with Crippen molar-refractivity contribution in [2.75, 3.05) is 13.1 Å². The van der Waals surface area contributed by atoms with E-state index in [0.29, 0.717) is 17.7 Å². The topological polar surface area (TPSA) is 82.0 Å². The van der Waals surface area contributed by atoms with Crippen LogP contribution in [0.5, 0.6) is 0 Å². The highest BCUT2D eigenvalue weighted by molar-refractivity contribution is 7.89. The molecular weight excluding hydrogens is 262 g/mol. The van der Waals surface area contributed by atoms with Crippen LogP contribution in [0.25, 0.3) is 0 Å². The van der Waals surface area contributed by atoms with E-state index in [1.165, 1.54) is 18.2 Å². The largest absolute Gasteiger partial charge is 0.313 e. The van der Waals surface area contributed by atoms with Crippen LogP contribution in [0.2, 0.25) is 0 Å². The Hall–Kier alpha value is -1.42. The fourth-order valence-corrected chi connectivity index (χ4v) is 3.32. The summed E-state index contributed by atoms with van der Waals surface area (Å²) in [6.07, 6.45) is 2.08. The smallest absolute Gasteiger partial charge is 0.240 e. The van der Waals surface area contributed by atoms with E-state index in [4.69, 9.17) is 5.26 Å². The molecule has 1 aromatic rings. The molecule has 0 radical (unpaired) electrons. The van der Waals surface area contributed by atoms with Crippen molar-refractivity contribution in [1.29, 1.82) is 5.26 Å². The average molecular weight is 279 g/mol. The van der Waals surface area contributed by atoms with Gasteiger partial charge in [0.05, 0.1) is 16.5 Å². The van der Waals surface area contributed by atoms with Crippen molar-refractivity contribution in [3.8, 4) is 6.07 Å². The Morgan fingerprint density at radius 2 is 2.32 bits per heavy atom. The van der Waals surface area contributed by atoms with Gasteiger partial charge in [-0.05, 0) is 50.1 Å². The van der Waals surface area contributed by atoms with Gasteiger partial charge in [-0.25, -0.2) is 13.1 Å². The fourth-order valence-electron chi connectivity index (χ4n) is 2.15. The van der Waals surface area contributed by atoms with Gasteiger partial charge >= 0.3 is 0 Å². The molecular formula is C13H17N3O2S. The minimum absolute atomic E-state index is 0.210. The molecule has 1 atom stereocenters. The van der Waals surface area contributed by atoms with Crippen LogP contribution in [0.3, 0.4) is 0 Å². The molecule has 0 amide bonds. The summed E-state index contributed by atoms with van der Waals surface area (Å²) in [5.74, 6) is 0. The Morgan fingerprint density at radius 3 is 2.89 bits per heavy atom. The number of aryl methyl sites for hydroxylation is 1. The van der Waals surface area contributed by atoms with Crippen molar-refractivity contribution >= 4 is 10.0 Å². The Labute approximate surface area is 113 Å². The number of nitrogens with zero attached hydrogens (tertiary/aromatic N) is 1. The molecule has 5 nitrogen and oxygen atoms in total. The van der Waals surface area contributed by atoms with Crippen molar-refractivity contribution in [2.24, 2.45) is 0 Å². The van der Waals surface area contributed by atoms with Crippen molar-refractivity contribution in [3.63, 3.8) is 0 Å². The van der Waals surface area contributed by atoms with Crippen LogP contribution in [-0.2, 0) is 10.0 Å². The third kappa shape index (κ3) is 3.32. The SMILES string of the molecule is Cc1cc(S(=O)(=O)NCC2CCCN2)ccc1C#N. The molecule has 0 saturated carbocycles. The number of nitrogens with one attached hydrogen (secondary N) is 2. The summed E-state index contributed by atoms with van der Waals surface area (Å²) in [5.41, 5.74) is 1.17. The zero-order valence-corrected chi connectivity index (χ0v) is 11.6. The number of hydrogen-bond donors (Lipinski definition) is 2. The quantitative estimate of drug-likeness (QED) is 0.858. The highest BCUT2D eigenvalue weighted by Gasteiger charge is 2.19. The van der Waals surface area contributed by atoms with E-state index >= 15 is 0 Å². The summed E-state index contributed by atoms with van der Waals surface area (Å²) in [4.78, 5) is 0.210. The molecule has 1 heterocycles. The van der Waals surface area contributed by atoms with Crippen LogP contribution in [0.4, 0.5) is 0 Å². The Bertz CT molecular complexity index is 599. The number of hydrogen-bond acceptors (Lipinski definition) is 4. The molecule has 2 N–H and O–H groups in total. The van der Waals surface area contributed by atoms with E-state index < -0.39 is 10.0 Å². The summed E-state index contributed by atoms with van der Waals surface area (Å²) in [5, 5.41) is 12.1. The minimum atomic E-state index is -3.49. The van der Waals surface area contributed by atoms with Gasteiger partial charge in [0.1, 0.15) is 0 Å². The monoisotopic (exact) mass is 279 g/mol. The summed E-state index contributed by atoms with van der Waals surface area (Å²) < 4.78 is 26.8. The first-order chi connectivity index (χ1) is 9.03. The lowest BCUT2D eigenvalue weighted by molar-refractivity contribution is 0.551. The highest BCUT2D eigenvalue weighted by Crippen LogP contribution is 2.15. The first kappa shape index (κ1) is 14.0. The number of sulfonamides is 1. The van der Waals surface area contributed by atoms with Crippen LogP contribution in [0.15, 0.2) is 23.1 Å². The van der Waals surface area contributed by atoms with Gasteiger partial charge in [-0.2, -0.15) is 5.26 Å². The molecule has 1 aliphatic heterocycles. The first-order valence-electron chi connectivity index (χ1n) is 6.27. The van der Waals surface area contributed by atoms with Crippen LogP contribution < -0.4 is 10.0 Å². The third-order valence-corrected chi connectivity index (χ3v) is 4.73. The molecule has 1 saturated heterocycles. The fraction of sp³-hybridized carbons (Fsp3) is 0.462. The molecule has 1 fully saturated rings. The van der Waals surface area contributed by atoms with E-state index in [1.54, 1.807) is 6.92 Å². The molecule has 1 aromatic carbocycles. The molecule has 1 aliphatic rings. The van der Waals surface area contributed by atoms with Crippen molar-refractivity contribution in [3.05, 3.63) is 29.3 Å². The van der Waals surface area contributed by atoms with Crippen molar-refractivity contribution in [1.82, 2.24) is 10.0 Å². The summed E-state index contributed by atoms with van der Waals surface area (Å²) in [6, 6.07) is 6.78. The van der Waals surface area contributed by atoms with Gasteiger partial charge in [-0.1, -0.05) is 0 Å². The second-order valence-electron chi connectivity index (χ2n) is 4.73. The lowest BCUT2D eigenvalue weighted by Gasteiger charge is -2.12. The van der Waals surface area contributed by atoms with Gasteiger partial charge in [0, 0.05) is 12.6 Å². The van der Waals surface area contributed by atoms with Gasteiger partial charge in [0.15, 0.2) is 0 Å². The summed E-state index contributed by atoms with van der Waals surface area (Å²) >= 11 is 0. The maximum absolute atomic E-state index is 12.1. The number of benzene rings is 1. The molecule has 6 heteroatoms. The second kappa shape index (κ2) is 5.70. The third-order valence-electron chi connectivity index (χ3n) is 3.31. The molecule has 102 valence electrons. The maximum atomic E-state index is 12.1. The molecule has 0 aliphatic carbocycles. The Balaban J connectivity index is 2.10. The minimum Gasteiger partial charge on any atom is -0.313 e. The lowest BCUT2D eigenvalue weighted by atomic mass is 10.1. The maximum Gasteiger partial charge on any atom is 0.240 e. The van der Waals surface area contributed by atoms with E-state index in [0.717, 1.165) is 19.4 Å². The normalized spacial score (nSPS) is 19.3. The first-order valence-corrected chi connectivity index (χ1v) is 7.75. The van der Waals surface area contributed by atoms with Gasteiger partial charge < -0.3 is 5.32 Å². The molecule has 1 unspecified atom stereocenters. The van der Waals surface area contributed by atoms with Crippen LogP contribution >= 0.6 is 0 Å².